The minimum absolute atomic E-state index is 0.442. The molecule has 1 aromatic rings. The normalized spacial score (nSPS) is 21.3. The van der Waals surface area contributed by atoms with Gasteiger partial charge in [-0.1, -0.05) is 11.6 Å². The fourth-order valence-corrected chi connectivity index (χ4v) is 2.27. The predicted molar refractivity (Wildman–Crippen MR) is 65.9 cm³/mol. The third-order valence-corrected chi connectivity index (χ3v) is 3.23. The lowest BCUT2D eigenvalue weighted by Gasteiger charge is -2.21. The molecule has 88 valence electrons. The van der Waals surface area contributed by atoms with Crippen LogP contribution in [-0.4, -0.2) is 48.8 Å². The summed E-state index contributed by atoms with van der Waals surface area (Å²) in [4.78, 5) is 4.51. The molecule has 1 unspecified atom stereocenters. The first-order valence-electron chi connectivity index (χ1n) is 5.54. The fourth-order valence-electron chi connectivity index (χ4n) is 2.17. The lowest BCUT2D eigenvalue weighted by molar-refractivity contribution is 0.395. The van der Waals surface area contributed by atoms with E-state index in [-0.39, 0.29) is 0 Å². The zero-order valence-corrected chi connectivity index (χ0v) is 10.5. The molecule has 1 atom stereocenters. The first-order valence-corrected chi connectivity index (χ1v) is 5.92. The van der Waals surface area contributed by atoms with Crippen molar-refractivity contribution in [2.45, 2.75) is 6.42 Å². The maximum Gasteiger partial charge on any atom is 0.151 e. The number of anilines is 1. The molecule has 1 fully saturated rings. The summed E-state index contributed by atoms with van der Waals surface area (Å²) in [5.41, 5.74) is 0. The molecule has 1 aliphatic heterocycles. The highest BCUT2D eigenvalue weighted by atomic mass is 35.5. The maximum absolute atomic E-state index is 5.71. The zero-order valence-electron chi connectivity index (χ0n) is 9.73. The average Bonchev–Trinajstić information content (AvgIpc) is 2.65. The van der Waals surface area contributed by atoms with Crippen molar-refractivity contribution in [3.05, 3.63) is 17.3 Å². The number of hydrogen-bond donors (Lipinski definition) is 0. The zero-order chi connectivity index (χ0) is 11.5. The largest absolute Gasteiger partial charge is 0.358 e. The van der Waals surface area contributed by atoms with E-state index in [9.17, 15) is 0 Å². The van der Waals surface area contributed by atoms with Gasteiger partial charge in [0.25, 0.3) is 0 Å². The molecular weight excluding hydrogens is 224 g/mol. The summed E-state index contributed by atoms with van der Waals surface area (Å²) in [6.45, 7) is 3.40. The van der Waals surface area contributed by atoms with E-state index in [1.807, 2.05) is 6.07 Å². The van der Waals surface area contributed by atoms with Crippen molar-refractivity contribution >= 4 is 17.4 Å². The average molecular weight is 241 g/mol. The molecule has 1 saturated heterocycles. The molecule has 1 aromatic heterocycles. The van der Waals surface area contributed by atoms with Gasteiger partial charge in [-0.2, -0.15) is 0 Å². The van der Waals surface area contributed by atoms with E-state index in [0.717, 1.165) is 18.3 Å². The van der Waals surface area contributed by atoms with Gasteiger partial charge in [-0.3, -0.25) is 0 Å². The molecule has 0 saturated carbocycles. The molecule has 2 rings (SSSR count). The number of halogens is 1. The summed E-state index contributed by atoms with van der Waals surface area (Å²) in [7, 11) is 4.22. The highest BCUT2D eigenvalue weighted by Crippen LogP contribution is 2.18. The van der Waals surface area contributed by atoms with Crippen LogP contribution in [0.15, 0.2) is 12.1 Å². The van der Waals surface area contributed by atoms with Gasteiger partial charge in [0, 0.05) is 20.1 Å². The van der Waals surface area contributed by atoms with Crippen molar-refractivity contribution in [3.63, 3.8) is 0 Å². The second-order valence-corrected chi connectivity index (χ2v) is 4.90. The standard InChI is InChI=1S/C11H17ClN4/c1-15-6-5-9(7-15)8-16(2)11-4-3-10(12)13-14-11/h3-4,9H,5-8H2,1-2H3. The van der Waals surface area contributed by atoms with Gasteiger partial charge in [0.2, 0.25) is 0 Å². The van der Waals surface area contributed by atoms with Crippen molar-refractivity contribution < 1.29 is 0 Å². The van der Waals surface area contributed by atoms with Gasteiger partial charge in [0.15, 0.2) is 11.0 Å². The molecule has 0 aliphatic carbocycles. The highest BCUT2D eigenvalue weighted by Gasteiger charge is 2.21. The van der Waals surface area contributed by atoms with Crippen LogP contribution in [0.25, 0.3) is 0 Å². The van der Waals surface area contributed by atoms with E-state index in [1.165, 1.54) is 19.5 Å². The number of aromatic nitrogens is 2. The molecule has 1 aliphatic rings. The van der Waals surface area contributed by atoms with E-state index < -0.39 is 0 Å². The second-order valence-electron chi connectivity index (χ2n) is 4.51. The molecule has 0 aromatic carbocycles. The van der Waals surface area contributed by atoms with E-state index in [2.05, 4.69) is 34.1 Å². The molecule has 0 spiro atoms. The molecule has 16 heavy (non-hydrogen) atoms. The Bertz CT molecular complexity index is 340. The summed E-state index contributed by atoms with van der Waals surface area (Å²) in [6.07, 6.45) is 1.27. The van der Waals surface area contributed by atoms with Crippen LogP contribution in [0.3, 0.4) is 0 Å². The van der Waals surface area contributed by atoms with Crippen molar-refractivity contribution in [1.29, 1.82) is 0 Å². The summed E-state index contributed by atoms with van der Waals surface area (Å²) in [5.74, 6) is 1.62. The summed E-state index contributed by atoms with van der Waals surface area (Å²) in [5, 5.41) is 8.37. The van der Waals surface area contributed by atoms with Crippen LogP contribution in [-0.2, 0) is 0 Å². The number of nitrogens with zero attached hydrogens (tertiary/aromatic N) is 4. The molecule has 0 radical (unpaired) electrons. The van der Waals surface area contributed by atoms with Crippen molar-refractivity contribution in [3.8, 4) is 0 Å². The molecule has 0 amide bonds. The Hall–Kier alpha value is -0.870. The number of rotatable bonds is 3. The Morgan fingerprint density at radius 1 is 1.50 bits per heavy atom. The van der Waals surface area contributed by atoms with Crippen molar-refractivity contribution in [2.75, 3.05) is 38.6 Å². The van der Waals surface area contributed by atoms with Crippen LogP contribution in [0, 0.1) is 5.92 Å². The predicted octanol–water partition coefficient (Wildman–Crippen LogP) is 1.52. The van der Waals surface area contributed by atoms with Crippen LogP contribution in [0.4, 0.5) is 5.82 Å². The number of likely N-dealkylation sites (tertiary alicyclic amines) is 1. The highest BCUT2D eigenvalue weighted by molar-refractivity contribution is 6.29. The Kier molecular flexibility index (Phi) is 3.61. The Morgan fingerprint density at radius 2 is 2.31 bits per heavy atom. The maximum atomic E-state index is 5.71. The van der Waals surface area contributed by atoms with E-state index in [0.29, 0.717) is 5.15 Å². The minimum atomic E-state index is 0.442. The minimum Gasteiger partial charge on any atom is -0.358 e. The van der Waals surface area contributed by atoms with Crippen LogP contribution in [0.1, 0.15) is 6.42 Å². The van der Waals surface area contributed by atoms with Gasteiger partial charge in [0.05, 0.1) is 0 Å². The van der Waals surface area contributed by atoms with Gasteiger partial charge in [0.1, 0.15) is 0 Å². The topological polar surface area (TPSA) is 32.3 Å². The van der Waals surface area contributed by atoms with Gasteiger partial charge in [-0.25, -0.2) is 0 Å². The third kappa shape index (κ3) is 2.83. The van der Waals surface area contributed by atoms with Crippen LogP contribution in [0.2, 0.25) is 5.15 Å². The van der Waals surface area contributed by atoms with Crippen LogP contribution >= 0.6 is 11.6 Å². The smallest absolute Gasteiger partial charge is 0.151 e. The molecule has 2 heterocycles. The van der Waals surface area contributed by atoms with E-state index >= 15 is 0 Å². The van der Waals surface area contributed by atoms with Gasteiger partial charge < -0.3 is 9.80 Å². The van der Waals surface area contributed by atoms with Crippen LogP contribution in [0.5, 0.6) is 0 Å². The lowest BCUT2D eigenvalue weighted by atomic mass is 10.1. The summed E-state index contributed by atoms with van der Waals surface area (Å²) >= 11 is 5.71. The first kappa shape index (κ1) is 11.6. The summed E-state index contributed by atoms with van der Waals surface area (Å²) < 4.78 is 0. The van der Waals surface area contributed by atoms with Gasteiger partial charge in [-0.15, -0.1) is 10.2 Å². The van der Waals surface area contributed by atoms with E-state index in [4.69, 9.17) is 11.6 Å². The fraction of sp³-hybridized carbons (Fsp3) is 0.636. The van der Waals surface area contributed by atoms with Crippen LogP contribution < -0.4 is 4.90 Å². The quantitative estimate of drug-likeness (QED) is 0.802. The second kappa shape index (κ2) is 4.97. The first-order chi connectivity index (χ1) is 7.65. The van der Waals surface area contributed by atoms with E-state index in [1.54, 1.807) is 6.07 Å². The SMILES string of the molecule is CN1CCC(CN(C)c2ccc(Cl)nn2)C1. The van der Waals surface area contributed by atoms with Gasteiger partial charge in [-0.05, 0) is 38.1 Å². The van der Waals surface area contributed by atoms with Gasteiger partial charge >= 0.3 is 0 Å². The number of hydrogen-bond acceptors (Lipinski definition) is 4. The molecular formula is C11H17ClN4. The van der Waals surface area contributed by atoms with Crippen molar-refractivity contribution in [2.24, 2.45) is 5.92 Å². The third-order valence-electron chi connectivity index (χ3n) is 3.03. The Balaban J connectivity index is 1.92. The molecule has 5 heteroatoms. The molecule has 0 N–H and O–H groups in total. The Labute approximate surface area is 101 Å². The summed E-state index contributed by atoms with van der Waals surface area (Å²) in [6, 6.07) is 3.69. The van der Waals surface area contributed by atoms with Crippen molar-refractivity contribution in [1.82, 2.24) is 15.1 Å². The molecule has 0 bridgehead atoms. The lowest BCUT2D eigenvalue weighted by Crippen LogP contribution is -2.27. The molecule has 4 nitrogen and oxygen atoms in total. The monoisotopic (exact) mass is 240 g/mol. The Morgan fingerprint density at radius 3 is 2.88 bits per heavy atom.